The van der Waals surface area contributed by atoms with E-state index in [1.807, 2.05) is 45.9 Å². The van der Waals surface area contributed by atoms with E-state index in [1.165, 1.54) is 11.1 Å². The fourth-order valence-corrected chi connectivity index (χ4v) is 2.63. The Balaban J connectivity index is 2.33. The van der Waals surface area contributed by atoms with Gasteiger partial charge in [-0.1, -0.05) is 35.4 Å². The lowest BCUT2D eigenvalue weighted by Crippen LogP contribution is -2.15. The van der Waals surface area contributed by atoms with Crippen molar-refractivity contribution in [2.75, 3.05) is 5.32 Å². The first-order valence-corrected chi connectivity index (χ1v) is 6.85. The topological polar surface area (TPSA) is 29.1 Å². The lowest BCUT2D eigenvalue weighted by Gasteiger charge is -2.14. The summed E-state index contributed by atoms with van der Waals surface area (Å²) in [5, 5.41) is 3.04. The highest BCUT2D eigenvalue weighted by Gasteiger charge is 2.12. The van der Waals surface area contributed by atoms with Gasteiger partial charge >= 0.3 is 0 Å². The molecule has 1 amide bonds. The second-order valence-electron chi connectivity index (χ2n) is 5.55. The van der Waals surface area contributed by atoms with Crippen molar-refractivity contribution in [3.05, 3.63) is 63.7 Å². The zero-order valence-electron chi connectivity index (χ0n) is 12.8. The van der Waals surface area contributed by atoms with Crippen LogP contribution in [0.4, 0.5) is 5.69 Å². The molecular formula is C18H21NO. The van der Waals surface area contributed by atoms with Gasteiger partial charge in [-0.3, -0.25) is 4.79 Å². The molecule has 2 nitrogen and oxygen atoms in total. The lowest BCUT2D eigenvalue weighted by atomic mass is 10.0. The van der Waals surface area contributed by atoms with Gasteiger partial charge in [0.1, 0.15) is 0 Å². The molecule has 0 aliphatic rings. The maximum absolute atomic E-state index is 12.4. The summed E-state index contributed by atoms with van der Waals surface area (Å²) in [5.74, 6) is -0.0439. The highest BCUT2D eigenvalue weighted by atomic mass is 16.1. The van der Waals surface area contributed by atoms with Gasteiger partial charge in [-0.25, -0.2) is 0 Å². The van der Waals surface area contributed by atoms with Gasteiger partial charge in [0, 0.05) is 11.3 Å². The van der Waals surface area contributed by atoms with Crippen LogP contribution in [0.1, 0.15) is 38.2 Å². The van der Waals surface area contributed by atoms with Crippen LogP contribution >= 0.6 is 0 Å². The smallest absolute Gasteiger partial charge is 0.255 e. The van der Waals surface area contributed by atoms with E-state index >= 15 is 0 Å². The molecule has 0 fully saturated rings. The zero-order valence-corrected chi connectivity index (χ0v) is 12.8. The molecule has 0 aromatic heterocycles. The summed E-state index contributed by atoms with van der Waals surface area (Å²) in [4.78, 5) is 12.4. The molecule has 0 spiro atoms. The first-order chi connectivity index (χ1) is 9.38. The maximum Gasteiger partial charge on any atom is 0.255 e. The van der Waals surface area contributed by atoms with Crippen LogP contribution < -0.4 is 5.32 Å². The molecule has 0 atom stereocenters. The minimum absolute atomic E-state index is 0.0439. The normalized spacial score (nSPS) is 10.4. The first-order valence-electron chi connectivity index (χ1n) is 6.85. The average molecular weight is 267 g/mol. The average Bonchev–Trinajstić information content (AvgIpc) is 2.33. The van der Waals surface area contributed by atoms with E-state index in [4.69, 9.17) is 0 Å². The molecule has 20 heavy (non-hydrogen) atoms. The molecule has 2 aromatic carbocycles. The lowest BCUT2D eigenvalue weighted by molar-refractivity contribution is 0.102. The maximum atomic E-state index is 12.4. The molecule has 104 valence electrons. The van der Waals surface area contributed by atoms with E-state index in [9.17, 15) is 4.79 Å². The fourth-order valence-electron chi connectivity index (χ4n) is 2.63. The number of nitrogens with one attached hydrogen (secondary N) is 1. The second-order valence-corrected chi connectivity index (χ2v) is 5.55. The molecular weight excluding hydrogens is 246 g/mol. The van der Waals surface area contributed by atoms with Crippen molar-refractivity contribution in [1.29, 1.82) is 0 Å². The number of carbonyl (C=O) groups excluding carboxylic acids is 1. The van der Waals surface area contributed by atoms with Gasteiger partial charge in [0.15, 0.2) is 0 Å². The molecule has 0 bridgehead atoms. The Hall–Kier alpha value is -2.09. The van der Waals surface area contributed by atoms with Crippen molar-refractivity contribution >= 4 is 11.6 Å². The number of hydrogen-bond donors (Lipinski definition) is 1. The Morgan fingerprint density at radius 3 is 1.90 bits per heavy atom. The minimum Gasteiger partial charge on any atom is -0.321 e. The summed E-state index contributed by atoms with van der Waals surface area (Å²) >= 11 is 0. The van der Waals surface area contributed by atoms with Gasteiger partial charge < -0.3 is 5.32 Å². The molecule has 0 aliphatic heterocycles. The Labute approximate surface area is 120 Å². The number of amides is 1. The molecule has 0 radical (unpaired) electrons. The number of benzene rings is 2. The van der Waals surface area contributed by atoms with E-state index in [0.717, 1.165) is 27.9 Å². The van der Waals surface area contributed by atoms with Crippen LogP contribution in [0, 0.1) is 34.6 Å². The van der Waals surface area contributed by atoms with Gasteiger partial charge in [0.2, 0.25) is 0 Å². The Morgan fingerprint density at radius 2 is 1.35 bits per heavy atom. The van der Waals surface area contributed by atoms with E-state index in [2.05, 4.69) is 24.4 Å². The number of anilines is 1. The molecule has 2 rings (SSSR count). The third-order valence-corrected chi connectivity index (χ3v) is 3.54. The van der Waals surface area contributed by atoms with Crippen molar-refractivity contribution < 1.29 is 4.79 Å². The van der Waals surface area contributed by atoms with Crippen molar-refractivity contribution in [1.82, 2.24) is 0 Å². The van der Waals surface area contributed by atoms with Gasteiger partial charge in [0.05, 0.1) is 0 Å². The van der Waals surface area contributed by atoms with Crippen LogP contribution in [0.3, 0.4) is 0 Å². The molecule has 0 saturated heterocycles. The van der Waals surface area contributed by atoms with E-state index in [1.54, 1.807) is 0 Å². The molecule has 0 unspecified atom stereocenters. The van der Waals surface area contributed by atoms with E-state index < -0.39 is 0 Å². The van der Waals surface area contributed by atoms with Gasteiger partial charge in [0.25, 0.3) is 5.91 Å². The van der Waals surface area contributed by atoms with Crippen molar-refractivity contribution in [2.24, 2.45) is 0 Å². The standard InChI is InChI=1S/C18H21NO/c1-11-6-7-16(13(3)8-11)18(20)19-17-14(4)9-12(2)10-15(17)5/h6-10H,1-5H3,(H,19,20). The Kier molecular flexibility index (Phi) is 3.93. The van der Waals surface area contributed by atoms with Crippen LogP contribution in [-0.2, 0) is 0 Å². The molecule has 0 heterocycles. The monoisotopic (exact) mass is 267 g/mol. The Morgan fingerprint density at radius 1 is 0.800 bits per heavy atom. The number of hydrogen-bond acceptors (Lipinski definition) is 1. The molecule has 1 N–H and O–H groups in total. The largest absolute Gasteiger partial charge is 0.321 e. The highest BCUT2D eigenvalue weighted by molar-refractivity contribution is 6.06. The fraction of sp³-hybridized carbons (Fsp3) is 0.278. The summed E-state index contributed by atoms with van der Waals surface area (Å²) < 4.78 is 0. The summed E-state index contributed by atoms with van der Waals surface area (Å²) in [7, 11) is 0. The van der Waals surface area contributed by atoms with E-state index in [0.29, 0.717) is 0 Å². The second kappa shape index (κ2) is 5.49. The summed E-state index contributed by atoms with van der Waals surface area (Å²) in [6.07, 6.45) is 0. The van der Waals surface area contributed by atoms with Gasteiger partial charge in [-0.15, -0.1) is 0 Å². The predicted molar refractivity (Wildman–Crippen MR) is 84.5 cm³/mol. The first kappa shape index (κ1) is 14.3. The van der Waals surface area contributed by atoms with Crippen LogP contribution in [0.15, 0.2) is 30.3 Å². The number of aryl methyl sites for hydroxylation is 5. The van der Waals surface area contributed by atoms with Crippen LogP contribution in [0.5, 0.6) is 0 Å². The third kappa shape index (κ3) is 2.90. The summed E-state index contributed by atoms with van der Waals surface area (Å²) in [6.45, 7) is 10.1. The van der Waals surface area contributed by atoms with Crippen LogP contribution in [0.25, 0.3) is 0 Å². The van der Waals surface area contributed by atoms with Crippen molar-refractivity contribution in [3.63, 3.8) is 0 Å². The number of carbonyl (C=O) groups is 1. The summed E-state index contributed by atoms with van der Waals surface area (Å²) in [5.41, 5.74) is 7.23. The Bertz CT molecular complexity index is 648. The molecule has 0 saturated carbocycles. The van der Waals surface area contributed by atoms with Crippen LogP contribution in [0.2, 0.25) is 0 Å². The van der Waals surface area contributed by atoms with Gasteiger partial charge in [-0.2, -0.15) is 0 Å². The zero-order chi connectivity index (χ0) is 14.9. The van der Waals surface area contributed by atoms with E-state index in [-0.39, 0.29) is 5.91 Å². The molecule has 2 aromatic rings. The van der Waals surface area contributed by atoms with Crippen LogP contribution in [-0.4, -0.2) is 5.91 Å². The SMILES string of the molecule is Cc1ccc(C(=O)Nc2c(C)cc(C)cc2C)c(C)c1. The van der Waals surface area contributed by atoms with Crippen molar-refractivity contribution in [2.45, 2.75) is 34.6 Å². The van der Waals surface area contributed by atoms with Gasteiger partial charge in [-0.05, 0) is 57.4 Å². The molecule has 0 aliphatic carbocycles. The highest BCUT2D eigenvalue weighted by Crippen LogP contribution is 2.23. The van der Waals surface area contributed by atoms with Crippen molar-refractivity contribution in [3.8, 4) is 0 Å². The molecule has 2 heteroatoms. The third-order valence-electron chi connectivity index (χ3n) is 3.54. The quantitative estimate of drug-likeness (QED) is 0.854. The minimum atomic E-state index is -0.0439. The predicted octanol–water partition coefficient (Wildman–Crippen LogP) is 4.48. The summed E-state index contributed by atoms with van der Waals surface area (Å²) in [6, 6.07) is 10.1. The number of rotatable bonds is 2.